The maximum atomic E-state index is 15.1. The first-order valence-electron chi connectivity index (χ1n) is 30.8. The standard InChI is InChI=1S/C63H90N10O12S2/c1-8-59(81)32-41-33-61(36-84-37-74,51-43(19-24-72(34-41)35-59)42-16-10-11-17-46(42)68-51)45-30-44-47(31-50(45)83-7)71(6)54-62(44)21-25-73-23-14-20-60(9-2,53(62)73)55(78)63(54,82)56(79)69-70-58(80)85-26-28-87-86-27-13-18-48(75)40(5)67-52(77)39(4)29-49(76)38(3)15-12-22-66-57(64)65/h10-11,14,16-17,20,30-31,37-41,53-55,68,78,81-82H,8-9,12-13,15,18-19,21-29,32-36H2,1-7H3,(H,67,77)(H,69,79)(H,70,80)(H4,64,65,66)/t38-,39+,40-,41+,53-,54+,55+,59-,60+,61-,62+,63-/m0/s1. The second-order valence-electron chi connectivity index (χ2n) is 25.3. The second kappa shape index (κ2) is 27.1. The summed E-state index contributed by atoms with van der Waals surface area (Å²) in [5.41, 5.74) is 14.1. The van der Waals surface area contributed by atoms with E-state index in [0.29, 0.717) is 120 Å². The minimum absolute atomic E-state index is 0.00169. The Hall–Kier alpha value is -5.89. The van der Waals surface area contributed by atoms with Crippen molar-refractivity contribution in [2.24, 2.45) is 39.6 Å². The molecule has 3 fully saturated rings. The number of benzene rings is 2. The number of carbonyl (C=O) groups excluding carboxylic acids is 6. The number of hydrazine groups is 1. The third-order valence-electron chi connectivity index (χ3n) is 20.1. The fraction of sp³-hybridized carbons (Fsp3) is 0.635. The van der Waals surface area contributed by atoms with Crippen molar-refractivity contribution in [3.8, 4) is 5.75 Å². The van der Waals surface area contributed by atoms with Gasteiger partial charge in [0.1, 0.15) is 30.9 Å². The molecule has 22 nitrogen and oxygen atoms in total. The number of ether oxygens (including phenoxy) is 3. The molecule has 9 rings (SSSR count). The smallest absolute Gasteiger partial charge is 0.426 e. The summed E-state index contributed by atoms with van der Waals surface area (Å²) >= 11 is 0. The summed E-state index contributed by atoms with van der Waals surface area (Å²) in [6, 6.07) is 10.1. The van der Waals surface area contributed by atoms with Crippen LogP contribution in [0.15, 0.2) is 53.5 Å². The van der Waals surface area contributed by atoms with Crippen LogP contribution >= 0.6 is 21.6 Å². The number of methoxy groups -OCH3 is 1. The van der Waals surface area contributed by atoms with E-state index < -0.39 is 69.6 Å². The predicted molar refractivity (Wildman–Crippen MR) is 336 cm³/mol. The number of aromatic nitrogens is 1. The molecule has 3 aromatic rings. The molecule has 24 heteroatoms. The number of ketones is 2. The van der Waals surface area contributed by atoms with Crippen molar-refractivity contribution in [2.75, 3.05) is 83.0 Å². The largest absolute Gasteiger partial charge is 0.496 e. The van der Waals surface area contributed by atoms with Crippen LogP contribution in [-0.4, -0.2) is 186 Å². The highest BCUT2D eigenvalue weighted by Gasteiger charge is 2.79. The number of aliphatic hydroxyl groups excluding tert-OH is 1. The average Bonchev–Trinajstić information content (AvgIpc) is 1.53. The number of hydrogen-bond donors (Lipinski definition) is 9. The molecule has 2 bridgehead atoms. The SMILES string of the molecule is CC[C@]1(O)C[C@H]2CN(CCc3c([nH]c4ccccc34)[C@@](COC=O)(c3cc4c(cc3OC)N(C)[C@H]3[C@@](O)(C(=O)NNC(=O)OCCSSCCCC(=O)[C@H](C)NC(=O)[C@H](C)CC(=O)[C@@H](C)CCCN=C(N)N)[C@H](O)[C@]5(CC)C=CCN6CC[C@]43[C@@H]65)C2)C1. The third-order valence-corrected chi connectivity index (χ3v) is 22.5. The Morgan fingerprint density at radius 1 is 0.954 bits per heavy atom. The molecule has 476 valence electrons. The molecule has 6 heterocycles. The van der Waals surface area contributed by atoms with E-state index in [1.54, 1.807) is 21.0 Å². The molecular weight excluding hydrogens is 1150 g/mol. The van der Waals surface area contributed by atoms with Gasteiger partial charge in [-0.05, 0) is 100 Å². The van der Waals surface area contributed by atoms with Gasteiger partial charge in [0.25, 0.3) is 12.4 Å². The molecule has 11 N–H and O–H groups in total. The summed E-state index contributed by atoms with van der Waals surface area (Å²) in [6.45, 7) is 13.1. The molecule has 1 unspecified atom stereocenters. The number of hydrogen-bond acceptors (Lipinski definition) is 18. The molecule has 13 atom stereocenters. The number of para-hydroxylation sites is 1. The van der Waals surface area contributed by atoms with Gasteiger partial charge < -0.3 is 56.2 Å². The molecule has 5 aliphatic heterocycles. The van der Waals surface area contributed by atoms with E-state index in [0.717, 1.165) is 39.8 Å². The molecule has 1 spiro atoms. The quantitative estimate of drug-likeness (QED) is 0.0101. The van der Waals surface area contributed by atoms with Gasteiger partial charge in [0.05, 0.1) is 30.2 Å². The fourth-order valence-corrected chi connectivity index (χ4v) is 17.9. The monoisotopic (exact) mass is 1240 g/mol. The van der Waals surface area contributed by atoms with Crippen LogP contribution in [0.2, 0.25) is 0 Å². The number of Topliss-reactive ketones (excluding diaryl/α,β-unsaturated/α-hetero) is 2. The zero-order valence-electron chi connectivity index (χ0n) is 51.4. The van der Waals surface area contributed by atoms with E-state index in [2.05, 4.69) is 54.1 Å². The third kappa shape index (κ3) is 12.5. The fourth-order valence-electron chi connectivity index (χ4n) is 15.9. The van der Waals surface area contributed by atoms with E-state index in [4.69, 9.17) is 25.7 Å². The summed E-state index contributed by atoms with van der Waals surface area (Å²) in [7, 11) is 6.36. The van der Waals surface area contributed by atoms with Crippen LogP contribution in [0.4, 0.5) is 10.5 Å². The number of fused-ring (bicyclic) bond motifs is 6. The van der Waals surface area contributed by atoms with Crippen molar-refractivity contribution < 1.29 is 58.3 Å². The zero-order chi connectivity index (χ0) is 62.6. The van der Waals surface area contributed by atoms with Crippen molar-refractivity contribution in [3.05, 3.63) is 70.9 Å². The molecule has 1 saturated carbocycles. The van der Waals surface area contributed by atoms with Gasteiger partial charge in [0.2, 0.25) is 5.91 Å². The van der Waals surface area contributed by atoms with E-state index >= 15 is 4.79 Å². The first-order valence-corrected chi connectivity index (χ1v) is 33.3. The van der Waals surface area contributed by atoms with Gasteiger partial charge in [-0.25, -0.2) is 10.2 Å². The molecule has 87 heavy (non-hydrogen) atoms. The number of amides is 3. The number of aliphatic imine (C=N–C) groups is 1. The number of guanidine groups is 1. The Morgan fingerprint density at radius 2 is 1.72 bits per heavy atom. The molecule has 0 radical (unpaired) electrons. The number of anilines is 1. The minimum atomic E-state index is -2.54. The first-order chi connectivity index (χ1) is 41.6. The summed E-state index contributed by atoms with van der Waals surface area (Å²) < 4.78 is 17.9. The Morgan fingerprint density at radius 3 is 2.46 bits per heavy atom. The van der Waals surface area contributed by atoms with Gasteiger partial charge in [-0.15, -0.1) is 0 Å². The first kappa shape index (κ1) is 65.6. The summed E-state index contributed by atoms with van der Waals surface area (Å²) in [6.07, 6.45) is 6.55. The Bertz CT molecular complexity index is 3110. The summed E-state index contributed by atoms with van der Waals surface area (Å²) in [5.74, 6) is -0.928. The highest BCUT2D eigenvalue weighted by molar-refractivity contribution is 8.76. The van der Waals surface area contributed by atoms with Crippen molar-refractivity contribution in [3.63, 3.8) is 0 Å². The molecule has 1 aromatic heterocycles. The van der Waals surface area contributed by atoms with Crippen LogP contribution in [0.1, 0.15) is 121 Å². The lowest BCUT2D eigenvalue weighted by molar-refractivity contribution is -0.204. The predicted octanol–water partition coefficient (Wildman–Crippen LogP) is 4.52. The maximum absolute atomic E-state index is 15.1. The highest BCUT2D eigenvalue weighted by Crippen LogP contribution is 2.67. The molecule has 2 saturated heterocycles. The summed E-state index contributed by atoms with van der Waals surface area (Å²) in [5, 5.41) is 42.4. The van der Waals surface area contributed by atoms with E-state index in [1.807, 2.05) is 63.1 Å². The Kier molecular flexibility index (Phi) is 20.4. The van der Waals surface area contributed by atoms with Gasteiger partial charge in [0, 0.05) is 127 Å². The molecular formula is C63H90N10O12S2. The number of aliphatic hydroxyl groups is 3. The number of nitrogens with one attached hydrogen (secondary N) is 4. The van der Waals surface area contributed by atoms with Gasteiger partial charge in [-0.1, -0.05) is 79.6 Å². The number of carbonyl (C=O) groups is 6. The van der Waals surface area contributed by atoms with Crippen LogP contribution in [0.25, 0.3) is 10.9 Å². The van der Waals surface area contributed by atoms with Gasteiger partial charge in [-0.2, -0.15) is 0 Å². The number of H-pyrrole nitrogens is 1. The lowest BCUT2D eigenvalue weighted by atomic mass is 9.47. The molecule has 3 amide bonds. The van der Waals surface area contributed by atoms with Gasteiger partial charge in [0.15, 0.2) is 17.3 Å². The number of nitrogens with two attached hydrogens (primary N) is 2. The normalized spacial score (nSPS) is 29.7. The van der Waals surface area contributed by atoms with Crippen LogP contribution in [-0.2, 0) is 50.7 Å². The maximum Gasteiger partial charge on any atom is 0.426 e. The minimum Gasteiger partial charge on any atom is -0.496 e. The second-order valence-corrected chi connectivity index (χ2v) is 28.0. The highest BCUT2D eigenvalue weighted by atomic mass is 33.1. The number of likely N-dealkylation sites (N-methyl/N-ethyl adjacent to an activating group) is 1. The molecule has 1 aliphatic carbocycles. The van der Waals surface area contributed by atoms with E-state index in [9.17, 15) is 39.3 Å². The number of rotatable bonds is 26. The van der Waals surface area contributed by atoms with Crippen LogP contribution in [0.5, 0.6) is 5.75 Å². The van der Waals surface area contributed by atoms with Crippen LogP contribution in [0.3, 0.4) is 0 Å². The molecule has 2 aromatic carbocycles. The number of aromatic amines is 1. The Balaban J connectivity index is 0.885. The van der Waals surface area contributed by atoms with Crippen molar-refractivity contribution in [1.82, 2.24) is 31.0 Å². The topological polar surface area (TPSA) is 317 Å². The zero-order valence-corrected chi connectivity index (χ0v) is 53.0. The van der Waals surface area contributed by atoms with Crippen molar-refractivity contribution in [1.29, 1.82) is 0 Å². The van der Waals surface area contributed by atoms with Crippen molar-refractivity contribution in [2.45, 2.75) is 152 Å². The van der Waals surface area contributed by atoms with E-state index in [-0.39, 0.29) is 61.3 Å². The lowest BCUT2D eigenvalue weighted by Crippen LogP contribution is -2.82. The van der Waals surface area contributed by atoms with Crippen molar-refractivity contribution >= 4 is 80.1 Å². The van der Waals surface area contributed by atoms with Crippen LogP contribution in [0, 0.1) is 23.2 Å². The van der Waals surface area contributed by atoms with Crippen LogP contribution < -0.4 is 37.3 Å². The van der Waals surface area contributed by atoms with Gasteiger partial charge >= 0.3 is 6.09 Å². The molecule has 6 aliphatic rings. The Labute approximate surface area is 517 Å². The van der Waals surface area contributed by atoms with E-state index in [1.165, 1.54) is 21.6 Å². The number of nitrogens with zero attached hydrogens (tertiary/aromatic N) is 4. The van der Waals surface area contributed by atoms with Gasteiger partial charge in [-0.3, -0.25) is 44.2 Å². The average molecular weight is 1240 g/mol. The lowest BCUT2D eigenvalue weighted by Gasteiger charge is -2.63. The number of piperidine rings is 1. The summed E-state index contributed by atoms with van der Waals surface area (Å²) in [4.78, 5) is 93.9.